The molecule has 1 aliphatic rings. The van der Waals surface area contributed by atoms with E-state index in [0.29, 0.717) is 13.2 Å². The monoisotopic (exact) mass is 172 g/mol. The van der Waals surface area contributed by atoms with Gasteiger partial charge in [0.05, 0.1) is 13.2 Å². The number of esters is 2. The van der Waals surface area contributed by atoms with Crippen LogP contribution in [0, 0.1) is 0 Å². The van der Waals surface area contributed by atoms with E-state index < -0.39 is 11.9 Å². The largest absolute Gasteiger partial charge is 0.457 e. The quantitative estimate of drug-likeness (QED) is 0.397. The number of ether oxygens (including phenoxy) is 2. The predicted octanol–water partition coefficient (Wildman–Crippen LogP) is 0.647. The van der Waals surface area contributed by atoms with Crippen molar-refractivity contribution in [3.05, 3.63) is 0 Å². The zero-order chi connectivity index (χ0) is 8.81. The molecule has 1 heterocycles. The van der Waals surface area contributed by atoms with Crippen molar-refractivity contribution in [3.63, 3.8) is 0 Å². The SMILES string of the molecule is O=C1OCCCCCCOC1=O. The van der Waals surface area contributed by atoms with Gasteiger partial charge in [0.2, 0.25) is 0 Å². The third-order valence-corrected chi connectivity index (χ3v) is 1.67. The number of cyclic esters (lactones) is 2. The molecule has 12 heavy (non-hydrogen) atoms. The highest BCUT2D eigenvalue weighted by Gasteiger charge is 2.17. The molecule has 0 aliphatic carbocycles. The Bertz CT molecular complexity index is 156. The number of carbonyl (C=O) groups excluding carboxylic acids is 2. The van der Waals surface area contributed by atoms with Crippen LogP contribution in [-0.2, 0) is 19.1 Å². The molecular weight excluding hydrogens is 160 g/mol. The van der Waals surface area contributed by atoms with Gasteiger partial charge >= 0.3 is 11.9 Å². The van der Waals surface area contributed by atoms with Gasteiger partial charge in [-0.2, -0.15) is 0 Å². The first kappa shape index (κ1) is 9.03. The molecule has 68 valence electrons. The van der Waals surface area contributed by atoms with Crippen LogP contribution in [0.25, 0.3) is 0 Å². The summed E-state index contributed by atoms with van der Waals surface area (Å²) in [5, 5.41) is 0. The van der Waals surface area contributed by atoms with Crippen LogP contribution in [0.1, 0.15) is 25.7 Å². The van der Waals surface area contributed by atoms with Gasteiger partial charge in [0.1, 0.15) is 0 Å². The van der Waals surface area contributed by atoms with Gasteiger partial charge < -0.3 is 9.47 Å². The minimum Gasteiger partial charge on any atom is -0.457 e. The Morgan fingerprint density at radius 2 is 1.17 bits per heavy atom. The van der Waals surface area contributed by atoms with Crippen molar-refractivity contribution in [2.45, 2.75) is 25.7 Å². The van der Waals surface area contributed by atoms with Crippen molar-refractivity contribution in [2.24, 2.45) is 0 Å². The van der Waals surface area contributed by atoms with Gasteiger partial charge in [0, 0.05) is 0 Å². The minimum atomic E-state index is -0.864. The summed E-state index contributed by atoms with van der Waals surface area (Å²) in [4.78, 5) is 21.5. The second kappa shape index (κ2) is 4.74. The molecule has 0 atom stereocenters. The van der Waals surface area contributed by atoms with Crippen molar-refractivity contribution in [1.29, 1.82) is 0 Å². The lowest BCUT2D eigenvalue weighted by molar-refractivity contribution is -0.168. The first-order valence-corrected chi connectivity index (χ1v) is 4.14. The molecule has 0 radical (unpaired) electrons. The van der Waals surface area contributed by atoms with Crippen LogP contribution in [0.4, 0.5) is 0 Å². The molecule has 0 amide bonds. The van der Waals surface area contributed by atoms with E-state index in [9.17, 15) is 9.59 Å². The molecule has 0 aromatic rings. The van der Waals surface area contributed by atoms with Crippen molar-refractivity contribution in [2.75, 3.05) is 13.2 Å². The summed E-state index contributed by atoms with van der Waals surface area (Å²) in [5.41, 5.74) is 0. The molecule has 0 saturated carbocycles. The van der Waals surface area contributed by atoms with Crippen LogP contribution in [0.15, 0.2) is 0 Å². The van der Waals surface area contributed by atoms with Gasteiger partial charge in [-0.15, -0.1) is 0 Å². The van der Waals surface area contributed by atoms with E-state index in [4.69, 9.17) is 0 Å². The maximum atomic E-state index is 10.7. The normalized spacial score (nSPS) is 21.0. The maximum absolute atomic E-state index is 10.7. The molecule has 0 N–H and O–H groups in total. The summed E-state index contributed by atoms with van der Waals surface area (Å²) >= 11 is 0. The van der Waals surface area contributed by atoms with Crippen LogP contribution in [0.2, 0.25) is 0 Å². The molecule has 0 aromatic heterocycles. The van der Waals surface area contributed by atoms with E-state index in [1.54, 1.807) is 0 Å². The molecular formula is C8H12O4. The van der Waals surface area contributed by atoms with E-state index in [0.717, 1.165) is 25.7 Å². The molecule has 1 aliphatic heterocycles. The van der Waals surface area contributed by atoms with Crippen molar-refractivity contribution >= 4 is 11.9 Å². The van der Waals surface area contributed by atoms with Crippen molar-refractivity contribution in [1.82, 2.24) is 0 Å². The zero-order valence-electron chi connectivity index (χ0n) is 6.88. The average molecular weight is 172 g/mol. The summed E-state index contributed by atoms with van der Waals surface area (Å²) in [5.74, 6) is -1.73. The van der Waals surface area contributed by atoms with E-state index in [1.165, 1.54) is 0 Å². The summed E-state index contributed by atoms with van der Waals surface area (Å²) in [7, 11) is 0. The van der Waals surface area contributed by atoms with Crippen LogP contribution in [0.5, 0.6) is 0 Å². The molecule has 0 unspecified atom stereocenters. The van der Waals surface area contributed by atoms with Gasteiger partial charge in [-0.05, 0) is 25.7 Å². The first-order chi connectivity index (χ1) is 5.80. The Morgan fingerprint density at radius 3 is 1.58 bits per heavy atom. The van der Waals surface area contributed by atoms with Gasteiger partial charge in [-0.3, -0.25) is 0 Å². The van der Waals surface area contributed by atoms with Crippen LogP contribution in [-0.4, -0.2) is 25.2 Å². The highest BCUT2D eigenvalue weighted by atomic mass is 16.6. The fraction of sp³-hybridized carbons (Fsp3) is 0.750. The Kier molecular flexibility index (Phi) is 3.57. The fourth-order valence-corrected chi connectivity index (χ4v) is 1.01. The Balaban J connectivity index is 2.36. The molecule has 0 spiro atoms. The van der Waals surface area contributed by atoms with E-state index >= 15 is 0 Å². The lowest BCUT2D eigenvalue weighted by Crippen LogP contribution is -2.22. The fourth-order valence-electron chi connectivity index (χ4n) is 1.01. The topological polar surface area (TPSA) is 52.6 Å². The van der Waals surface area contributed by atoms with E-state index in [-0.39, 0.29) is 0 Å². The first-order valence-electron chi connectivity index (χ1n) is 4.14. The molecule has 1 fully saturated rings. The third kappa shape index (κ3) is 2.90. The standard InChI is InChI=1S/C8H12O4/c9-7-8(10)12-6-4-2-1-3-5-11-7/h1-6H2. The van der Waals surface area contributed by atoms with Crippen LogP contribution < -0.4 is 0 Å². The van der Waals surface area contributed by atoms with Gasteiger partial charge in [-0.25, -0.2) is 9.59 Å². The average Bonchev–Trinajstić information content (AvgIpc) is 2.08. The molecule has 1 rings (SSSR count). The molecule has 1 saturated heterocycles. The van der Waals surface area contributed by atoms with Crippen molar-refractivity contribution in [3.8, 4) is 0 Å². The molecule has 4 heteroatoms. The number of rotatable bonds is 0. The summed E-state index contributed by atoms with van der Waals surface area (Å²) in [6.45, 7) is 0.655. The minimum absolute atomic E-state index is 0.327. The smallest absolute Gasteiger partial charge is 0.417 e. The van der Waals surface area contributed by atoms with Gasteiger partial charge in [0.15, 0.2) is 0 Å². The zero-order valence-corrected chi connectivity index (χ0v) is 6.88. The number of hydrogen-bond donors (Lipinski definition) is 0. The highest BCUT2D eigenvalue weighted by Crippen LogP contribution is 2.03. The Labute approximate surface area is 70.8 Å². The lowest BCUT2D eigenvalue weighted by Gasteiger charge is -2.08. The Morgan fingerprint density at radius 1 is 0.750 bits per heavy atom. The number of carbonyl (C=O) groups is 2. The second-order valence-corrected chi connectivity index (χ2v) is 2.69. The summed E-state index contributed by atoms with van der Waals surface area (Å²) < 4.78 is 9.23. The van der Waals surface area contributed by atoms with E-state index in [1.807, 2.05) is 0 Å². The maximum Gasteiger partial charge on any atom is 0.417 e. The van der Waals surface area contributed by atoms with E-state index in [2.05, 4.69) is 9.47 Å². The molecule has 0 aromatic carbocycles. The van der Waals surface area contributed by atoms with Crippen LogP contribution >= 0.6 is 0 Å². The van der Waals surface area contributed by atoms with Crippen molar-refractivity contribution < 1.29 is 19.1 Å². The van der Waals surface area contributed by atoms with Gasteiger partial charge in [-0.1, -0.05) is 0 Å². The molecule has 0 bridgehead atoms. The Hall–Kier alpha value is -1.06. The van der Waals surface area contributed by atoms with Crippen LogP contribution in [0.3, 0.4) is 0 Å². The predicted molar refractivity (Wildman–Crippen MR) is 40.4 cm³/mol. The third-order valence-electron chi connectivity index (χ3n) is 1.67. The highest BCUT2D eigenvalue weighted by molar-refractivity contribution is 6.29. The second-order valence-electron chi connectivity index (χ2n) is 2.69. The van der Waals surface area contributed by atoms with Gasteiger partial charge in [0.25, 0.3) is 0 Å². The number of hydrogen-bond acceptors (Lipinski definition) is 4. The summed E-state index contributed by atoms with van der Waals surface area (Å²) in [6, 6.07) is 0. The summed E-state index contributed by atoms with van der Waals surface area (Å²) in [6.07, 6.45) is 3.70. The molecule has 4 nitrogen and oxygen atoms in total. The lowest BCUT2D eigenvalue weighted by atomic mass is 10.2.